The van der Waals surface area contributed by atoms with Crippen molar-refractivity contribution in [3.63, 3.8) is 0 Å². The molecule has 1 aromatic carbocycles. The van der Waals surface area contributed by atoms with Crippen molar-refractivity contribution in [2.75, 3.05) is 37.4 Å². The zero-order valence-electron chi connectivity index (χ0n) is 8.28. The topological polar surface area (TPSA) is 24.9 Å². The van der Waals surface area contributed by atoms with Crippen LogP contribution in [-0.2, 0) is 0 Å². The molecule has 0 saturated heterocycles. The van der Waals surface area contributed by atoms with E-state index in [9.17, 15) is 0 Å². The van der Waals surface area contributed by atoms with E-state index in [4.69, 9.17) is 9.47 Å². The first-order valence-electron chi connectivity index (χ1n) is 4.61. The summed E-state index contributed by atoms with van der Waals surface area (Å²) in [5.74, 6) is 1.90. The summed E-state index contributed by atoms with van der Waals surface area (Å²) in [6, 6.07) is 4.09. The highest BCUT2D eigenvalue weighted by Crippen LogP contribution is 2.44. The SMILES string of the molecule is CN1COc2cc3c(cc21)OCN3C. The van der Waals surface area contributed by atoms with E-state index in [2.05, 4.69) is 9.80 Å². The highest BCUT2D eigenvalue weighted by Gasteiger charge is 2.25. The molecule has 0 bridgehead atoms. The highest BCUT2D eigenvalue weighted by atomic mass is 16.5. The number of rotatable bonds is 0. The molecule has 2 aliphatic heterocycles. The van der Waals surface area contributed by atoms with E-state index < -0.39 is 0 Å². The van der Waals surface area contributed by atoms with Gasteiger partial charge in [0.25, 0.3) is 0 Å². The van der Waals surface area contributed by atoms with E-state index in [1.54, 1.807) is 0 Å². The maximum atomic E-state index is 5.53. The molecule has 0 N–H and O–H groups in total. The Labute approximate surface area is 82.6 Å². The summed E-state index contributed by atoms with van der Waals surface area (Å²) in [7, 11) is 4.02. The number of anilines is 2. The number of ether oxygens (including phenoxy) is 2. The Morgan fingerprint density at radius 3 is 1.79 bits per heavy atom. The van der Waals surface area contributed by atoms with Gasteiger partial charge in [-0.3, -0.25) is 0 Å². The summed E-state index contributed by atoms with van der Waals surface area (Å²) < 4.78 is 11.1. The molecule has 2 aliphatic rings. The Balaban J connectivity index is 2.15. The van der Waals surface area contributed by atoms with E-state index in [0.29, 0.717) is 13.5 Å². The molecule has 4 heteroatoms. The molecule has 0 amide bonds. The average Bonchev–Trinajstić information content (AvgIpc) is 2.71. The van der Waals surface area contributed by atoms with Gasteiger partial charge in [0.1, 0.15) is 11.5 Å². The van der Waals surface area contributed by atoms with Gasteiger partial charge in [-0.2, -0.15) is 0 Å². The van der Waals surface area contributed by atoms with Gasteiger partial charge in [-0.25, -0.2) is 0 Å². The molecule has 4 nitrogen and oxygen atoms in total. The molecule has 1 aromatic rings. The van der Waals surface area contributed by atoms with Crippen molar-refractivity contribution in [1.29, 1.82) is 0 Å². The van der Waals surface area contributed by atoms with Gasteiger partial charge < -0.3 is 19.3 Å². The third kappa shape index (κ3) is 0.880. The van der Waals surface area contributed by atoms with Crippen molar-refractivity contribution in [3.8, 4) is 11.5 Å². The van der Waals surface area contributed by atoms with Crippen LogP contribution in [0, 0.1) is 0 Å². The fraction of sp³-hybridized carbons (Fsp3) is 0.400. The van der Waals surface area contributed by atoms with Crippen LogP contribution in [0.25, 0.3) is 0 Å². The molecule has 0 spiro atoms. The van der Waals surface area contributed by atoms with Gasteiger partial charge in [-0.15, -0.1) is 0 Å². The van der Waals surface area contributed by atoms with Gasteiger partial charge in [0.05, 0.1) is 11.4 Å². The zero-order chi connectivity index (χ0) is 9.71. The van der Waals surface area contributed by atoms with Crippen LogP contribution in [0.3, 0.4) is 0 Å². The fourth-order valence-corrected chi connectivity index (χ4v) is 1.84. The number of fused-ring (bicyclic) bond motifs is 2. The standard InChI is InChI=1S/C10H12N2O2/c1-11-5-13-9-4-8-10(3-7(9)11)14-6-12(8)2/h3-4H,5-6H2,1-2H3. The molecule has 0 aromatic heterocycles. The lowest BCUT2D eigenvalue weighted by Crippen LogP contribution is -2.15. The molecule has 2 heterocycles. The minimum absolute atomic E-state index is 0.627. The van der Waals surface area contributed by atoms with Gasteiger partial charge in [-0.1, -0.05) is 0 Å². The minimum Gasteiger partial charge on any atom is -0.471 e. The van der Waals surface area contributed by atoms with Crippen molar-refractivity contribution < 1.29 is 9.47 Å². The van der Waals surface area contributed by atoms with Crippen LogP contribution in [0.1, 0.15) is 0 Å². The van der Waals surface area contributed by atoms with E-state index in [-0.39, 0.29) is 0 Å². The Morgan fingerprint density at radius 2 is 1.36 bits per heavy atom. The van der Waals surface area contributed by atoms with E-state index in [1.165, 1.54) is 0 Å². The van der Waals surface area contributed by atoms with Crippen molar-refractivity contribution in [1.82, 2.24) is 0 Å². The minimum atomic E-state index is 0.627. The Kier molecular flexibility index (Phi) is 1.37. The van der Waals surface area contributed by atoms with Crippen LogP contribution < -0.4 is 19.3 Å². The second kappa shape index (κ2) is 2.47. The van der Waals surface area contributed by atoms with Crippen LogP contribution in [0.4, 0.5) is 11.4 Å². The van der Waals surface area contributed by atoms with Gasteiger partial charge in [0, 0.05) is 26.2 Å². The molecule has 0 saturated carbocycles. The maximum absolute atomic E-state index is 5.53. The summed E-state index contributed by atoms with van der Waals surface area (Å²) >= 11 is 0. The number of hydrogen-bond donors (Lipinski definition) is 0. The van der Waals surface area contributed by atoms with E-state index in [0.717, 1.165) is 22.9 Å². The predicted octanol–water partition coefficient (Wildman–Crippen LogP) is 1.26. The summed E-state index contributed by atoms with van der Waals surface area (Å²) in [4.78, 5) is 4.13. The Morgan fingerprint density at radius 1 is 0.929 bits per heavy atom. The van der Waals surface area contributed by atoms with Crippen molar-refractivity contribution in [2.45, 2.75) is 0 Å². The quantitative estimate of drug-likeness (QED) is 0.617. The van der Waals surface area contributed by atoms with E-state index in [1.807, 2.05) is 26.2 Å². The van der Waals surface area contributed by atoms with Crippen molar-refractivity contribution >= 4 is 11.4 Å². The van der Waals surface area contributed by atoms with Crippen molar-refractivity contribution in [3.05, 3.63) is 12.1 Å². The monoisotopic (exact) mass is 192 g/mol. The second-order valence-electron chi connectivity index (χ2n) is 3.73. The van der Waals surface area contributed by atoms with Gasteiger partial charge in [0.15, 0.2) is 13.5 Å². The lowest BCUT2D eigenvalue weighted by atomic mass is 10.2. The lowest BCUT2D eigenvalue weighted by Gasteiger charge is -2.10. The summed E-state index contributed by atoms with van der Waals surface area (Å²) in [6.45, 7) is 1.25. The van der Waals surface area contributed by atoms with Gasteiger partial charge in [-0.05, 0) is 0 Å². The second-order valence-corrected chi connectivity index (χ2v) is 3.73. The molecule has 0 unspecified atom stereocenters. The van der Waals surface area contributed by atoms with Gasteiger partial charge >= 0.3 is 0 Å². The van der Waals surface area contributed by atoms with Crippen LogP contribution in [0.5, 0.6) is 11.5 Å². The zero-order valence-corrected chi connectivity index (χ0v) is 8.28. The smallest absolute Gasteiger partial charge is 0.161 e. The maximum Gasteiger partial charge on any atom is 0.161 e. The normalized spacial score (nSPS) is 17.6. The molecule has 0 aliphatic carbocycles. The van der Waals surface area contributed by atoms with Crippen LogP contribution in [0.15, 0.2) is 12.1 Å². The molecular weight excluding hydrogens is 180 g/mol. The number of nitrogens with zero attached hydrogens (tertiary/aromatic N) is 2. The van der Waals surface area contributed by atoms with Crippen LogP contribution in [0.2, 0.25) is 0 Å². The van der Waals surface area contributed by atoms with Crippen LogP contribution >= 0.6 is 0 Å². The molecule has 3 rings (SSSR count). The summed E-state index contributed by atoms with van der Waals surface area (Å²) in [5.41, 5.74) is 2.22. The molecular formula is C10H12N2O2. The predicted molar refractivity (Wildman–Crippen MR) is 54.2 cm³/mol. The first-order chi connectivity index (χ1) is 6.75. The third-order valence-corrected chi connectivity index (χ3v) is 2.69. The molecule has 0 atom stereocenters. The van der Waals surface area contributed by atoms with Crippen LogP contribution in [-0.4, -0.2) is 27.6 Å². The highest BCUT2D eigenvalue weighted by molar-refractivity contribution is 5.74. The van der Waals surface area contributed by atoms with E-state index >= 15 is 0 Å². The van der Waals surface area contributed by atoms with Crippen molar-refractivity contribution in [2.24, 2.45) is 0 Å². The largest absolute Gasteiger partial charge is 0.471 e. The number of benzene rings is 1. The fourth-order valence-electron chi connectivity index (χ4n) is 1.84. The summed E-state index contributed by atoms with van der Waals surface area (Å²) in [5, 5.41) is 0. The molecule has 0 fully saturated rings. The molecule has 0 radical (unpaired) electrons. The Hall–Kier alpha value is -1.58. The first kappa shape index (κ1) is 7.79. The lowest BCUT2D eigenvalue weighted by molar-refractivity contribution is 0.353. The Bertz CT molecular complexity index is 354. The summed E-state index contributed by atoms with van der Waals surface area (Å²) in [6.07, 6.45) is 0. The first-order valence-corrected chi connectivity index (χ1v) is 4.61. The number of hydrogen-bond acceptors (Lipinski definition) is 4. The molecule has 14 heavy (non-hydrogen) atoms. The molecule has 74 valence electrons. The third-order valence-electron chi connectivity index (χ3n) is 2.69. The average molecular weight is 192 g/mol. The van der Waals surface area contributed by atoms with Gasteiger partial charge in [0.2, 0.25) is 0 Å².